The van der Waals surface area contributed by atoms with E-state index in [4.69, 9.17) is 9.47 Å². The van der Waals surface area contributed by atoms with Crippen LogP contribution in [0.15, 0.2) is 30.6 Å². The number of benzene rings is 1. The second kappa shape index (κ2) is 7.17. The first-order chi connectivity index (χ1) is 11.3. The molecule has 1 aliphatic rings. The number of nitrogens with zero attached hydrogens (tertiary/aromatic N) is 1. The number of carbonyl (C=O) groups excluding carboxylic acids is 1. The van der Waals surface area contributed by atoms with Gasteiger partial charge in [0.1, 0.15) is 23.9 Å². The highest BCUT2D eigenvalue weighted by atomic mass is 16.5. The van der Waals surface area contributed by atoms with E-state index >= 15 is 0 Å². The summed E-state index contributed by atoms with van der Waals surface area (Å²) >= 11 is 0. The van der Waals surface area contributed by atoms with Gasteiger partial charge in [-0.05, 0) is 36.6 Å². The van der Waals surface area contributed by atoms with Gasteiger partial charge in [0.05, 0.1) is 13.0 Å². The van der Waals surface area contributed by atoms with Crippen molar-refractivity contribution in [2.45, 2.75) is 19.3 Å². The van der Waals surface area contributed by atoms with E-state index in [1.54, 1.807) is 19.5 Å². The van der Waals surface area contributed by atoms with Crippen molar-refractivity contribution in [1.29, 1.82) is 0 Å². The molecule has 1 aromatic carbocycles. The maximum atomic E-state index is 12.3. The zero-order valence-corrected chi connectivity index (χ0v) is 13.2. The predicted octanol–water partition coefficient (Wildman–Crippen LogP) is 1.72. The third-order valence-corrected chi connectivity index (χ3v) is 3.99. The lowest BCUT2D eigenvalue weighted by Crippen LogP contribution is -2.37. The zero-order valence-electron chi connectivity index (χ0n) is 13.2. The Morgan fingerprint density at radius 3 is 3.22 bits per heavy atom. The Labute approximate surface area is 135 Å². The van der Waals surface area contributed by atoms with E-state index in [9.17, 15) is 4.79 Å². The summed E-state index contributed by atoms with van der Waals surface area (Å²) in [5.41, 5.74) is 1.02. The number of carbonyl (C=O) groups is 1. The van der Waals surface area contributed by atoms with Crippen LogP contribution >= 0.6 is 0 Å². The van der Waals surface area contributed by atoms with E-state index < -0.39 is 0 Å². The first-order valence-electron chi connectivity index (χ1n) is 7.82. The van der Waals surface area contributed by atoms with E-state index in [-0.39, 0.29) is 11.8 Å². The van der Waals surface area contributed by atoms with Gasteiger partial charge in [-0.2, -0.15) is 0 Å². The molecular formula is C17H21N3O3. The molecule has 2 N–H and O–H groups in total. The normalized spacial score (nSPS) is 16.3. The number of aromatic amines is 1. The van der Waals surface area contributed by atoms with Gasteiger partial charge in [-0.3, -0.25) is 4.79 Å². The van der Waals surface area contributed by atoms with E-state index in [1.807, 2.05) is 18.2 Å². The molecule has 0 bridgehead atoms. The molecule has 0 saturated carbocycles. The number of hydrogen-bond acceptors (Lipinski definition) is 4. The molecular weight excluding hydrogens is 294 g/mol. The van der Waals surface area contributed by atoms with Gasteiger partial charge in [0.2, 0.25) is 5.91 Å². The van der Waals surface area contributed by atoms with Gasteiger partial charge in [0.25, 0.3) is 0 Å². The van der Waals surface area contributed by atoms with Crippen LogP contribution in [0, 0.1) is 5.92 Å². The number of nitrogens with one attached hydrogen (secondary N) is 2. The molecule has 2 aromatic rings. The highest BCUT2D eigenvalue weighted by Gasteiger charge is 2.26. The molecule has 3 rings (SSSR count). The molecule has 0 fully saturated rings. The van der Waals surface area contributed by atoms with Crippen molar-refractivity contribution < 1.29 is 14.3 Å². The largest absolute Gasteiger partial charge is 0.497 e. The minimum atomic E-state index is -0.154. The van der Waals surface area contributed by atoms with Crippen LogP contribution in [-0.4, -0.2) is 36.1 Å². The lowest BCUT2D eigenvalue weighted by Gasteiger charge is -2.25. The first-order valence-corrected chi connectivity index (χ1v) is 7.82. The summed E-state index contributed by atoms with van der Waals surface area (Å²) in [5.74, 6) is 2.46. The van der Waals surface area contributed by atoms with Crippen molar-refractivity contribution in [2.75, 3.05) is 20.3 Å². The fourth-order valence-corrected chi connectivity index (χ4v) is 2.71. The number of rotatable bonds is 6. The maximum absolute atomic E-state index is 12.3. The van der Waals surface area contributed by atoms with Crippen LogP contribution < -0.4 is 14.8 Å². The standard InChI is InChI=1S/C17H21N3O3/c1-22-14-4-5-15-12(10-14)9-13(11-23-15)17(21)20-6-2-3-16-18-7-8-19-16/h4-5,7-8,10,13H,2-3,6,9,11H2,1H3,(H,18,19)(H,20,21). The Kier molecular flexibility index (Phi) is 4.80. The lowest BCUT2D eigenvalue weighted by atomic mass is 9.95. The number of amides is 1. The van der Waals surface area contributed by atoms with Gasteiger partial charge in [-0.15, -0.1) is 0 Å². The van der Waals surface area contributed by atoms with Crippen molar-refractivity contribution in [3.8, 4) is 11.5 Å². The number of imidazole rings is 1. The number of aromatic nitrogens is 2. The van der Waals surface area contributed by atoms with Crippen molar-refractivity contribution in [3.63, 3.8) is 0 Å². The number of aryl methyl sites for hydroxylation is 1. The third-order valence-electron chi connectivity index (χ3n) is 3.99. The summed E-state index contributed by atoms with van der Waals surface area (Å²) in [6, 6.07) is 5.70. The quantitative estimate of drug-likeness (QED) is 0.796. The summed E-state index contributed by atoms with van der Waals surface area (Å²) in [6.45, 7) is 1.06. The van der Waals surface area contributed by atoms with Crippen LogP contribution in [0.3, 0.4) is 0 Å². The monoisotopic (exact) mass is 315 g/mol. The molecule has 1 unspecified atom stereocenters. The first kappa shape index (κ1) is 15.4. The van der Waals surface area contributed by atoms with Gasteiger partial charge < -0.3 is 19.8 Å². The van der Waals surface area contributed by atoms with E-state index in [1.165, 1.54) is 0 Å². The molecule has 0 aliphatic carbocycles. The van der Waals surface area contributed by atoms with Gasteiger partial charge in [-0.25, -0.2) is 4.98 Å². The summed E-state index contributed by atoms with van der Waals surface area (Å²) in [6.07, 6.45) is 5.90. The average Bonchev–Trinajstić information content (AvgIpc) is 3.11. The van der Waals surface area contributed by atoms with E-state index in [0.29, 0.717) is 19.6 Å². The Bertz CT molecular complexity index is 655. The van der Waals surface area contributed by atoms with Crippen LogP contribution in [0.25, 0.3) is 0 Å². The molecule has 0 spiro atoms. The zero-order chi connectivity index (χ0) is 16.1. The number of methoxy groups -OCH3 is 1. The van der Waals surface area contributed by atoms with Crippen molar-refractivity contribution in [1.82, 2.24) is 15.3 Å². The van der Waals surface area contributed by atoms with Gasteiger partial charge in [0, 0.05) is 25.4 Å². The summed E-state index contributed by atoms with van der Waals surface area (Å²) in [7, 11) is 1.63. The van der Waals surface area contributed by atoms with Crippen LogP contribution in [0.4, 0.5) is 0 Å². The Morgan fingerprint density at radius 2 is 2.43 bits per heavy atom. The molecule has 6 nitrogen and oxygen atoms in total. The second-order valence-corrected chi connectivity index (χ2v) is 5.62. The fourth-order valence-electron chi connectivity index (χ4n) is 2.71. The molecule has 1 amide bonds. The molecule has 1 atom stereocenters. The Hall–Kier alpha value is -2.50. The van der Waals surface area contributed by atoms with Gasteiger partial charge in [0.15, 0.2) is 0 Å². The van der Waals surface area contributed by atoms with Crippen molar-refractivity contribution in [2.24, 2.45) is 5.92 Å². The number of hydrogen-bond donors (Lipinski definition) is 2. The molecule has 1 aliphatic heterocycles. The predicted molar refractivity (Wildman–Crippen MR) is 85.6 cm³/mol. The van der Waals surface area contributed by atoms with Gasteiger partial charge in [-0.1, -0.05) is 0 Å². The van der Waals surface area contributed by atoms with Gasteiger partial charge >= 0.3 is 0 Å². The van der Waals surface area contributed by atoms with E-state index in [0.717, 1.165) is 35.7 Å². The van der Waals surface area contributed by atoms with Crippen molar-refractivity contribution >= 4 is 5.91 Å². The number of fused-ring (bicyclic) bond motifs is 1. The summed E-state index contributed by atoms with van der Waals surface area (Å²) in [4.78, 5) is 19.5. The number of ether oxygens (including phenoxy) is 2. The maximum Gasteiger partial charge on any atom is 0.226 e. The molecule has 0 saturated heterocycles. The topological polar surface area (TPSA) is 76.2 Å². The van der Waals surface area contributed by atoms with Crippen LogP contribution in [-0.2, 0) is 17.6 Å². The van der Waals surface area contributed by atoms with Crippen molar-refractivity contribution in [3.05, 3.63) is 42.0 Å². The summed E-state index contributed by atoms with van der Waals surface area (Å²) < 4.78 is 10.9. The Balaban J connectivity index is 1.48. The fraction of sp³-hybridized carbons (Fsp3) is 0.412. The highest BCUT2D eigenvalue weighted by Crippen LogP contribution is 2.30. The second-order valence-electron chi connectivity index (χ2n) is 5.62. The lowest BCUT2D eigenvalue weighted by molar-refractivity contribution is -0.126. The minimum Gasteiger partial charge on any atom is -0.497 e. The third kappa shape index (κ3) is 3.83. The van der Waals surface area contributed by atoms with E-state index in [2.05, 4.69) is 15.3 Å². The average molecular weight is 315 g/mol. The molecule has 2 heterocycles. The summed E-state index contributed by atoms with van der Waals surface area (Å²) in [5, 5.41) is 2.98. The molecule has 122 valence electrons. The Morgan fingerprint density at radius 1 is 1.52 bits per heavy atom. The highest BCUT2D eigenvalue weighted by molar-refractivity contribution is 5.79. The molecule has 0 radical (unpaired) electrons. The minimum absolute atomic E-state index is 0.0397. The van der Waals surface area contributed by atoms with Crippen LogP contribution in [0.2, 0.25) is 0 Å². The smallest absolute Gasteiger partial charge is 0.226 e. The number of H-pyrrole nitrogens is 1. The van der Waals surface area contributed by atoms with Crippen LogP contribution in [0.1, 0.15) is 17.8 Å². The SMILES string of the molecule is COc1ccc2c(c1)CC(C(=O)NCCCc1ncc[nH]1)CO2. The molecule has 6 heteroatoms. The van der Waals surface area contributed by atoms with Crippen LogP contribution in [0.5, 0.6) is 11.5 Å². The molecule has 23 heavy (non-hydrogen) atoms. The molecule has 1 aromatic heterocycles.